The summed E-state index contributed by atoms with van der Waals surface area (Å²) in [5.41, 5.74) is -0.438. The van der Waals surface area contributed by atoms with Crippen molar-refractivity contribution in [3.05, 3.63) is 0 Å². The van der Waals surface area contributed by atoms with Gasteiger partial charge in [-0.25, -0.2) is 0 Å². The van der Waals surface area contributed by atoms with Crippen LogP contribution in [-0.4, -0.2) is 37.2 Å². The smallest absolute Gasteiger partial charge is 0.325 e. The van der Waals surface area contributed by atoms with E-state index in [-0.39, 0.29) is 36.5 Å². The molecule has 100 valence electrons. The van der Waals surface area contributed by atoms with E-state index in [1.807, 2.05) is 20.8 Å². The second kappa shape index (κ2) is 7.03. The molecule has 0 amide bonds. The molecule has 0 aliphatic heterocycles. The van der Waals surface area contributed by atoms with Crippen LogP contribution in [0.25, 0.3) is 0 Å². The minimum Gasteiger partial charge on any atom is -0.459 e. The van der Waals surface area contributed by atoms with Gasteiger partial charge in [-0.1, -0.05) is 0 Å². The fourth-order valence-corrected chi connectivity index (χ4v) is 1.15. The number of carbonyl (C=O) groups excluding carboxylic acids is 1. The van der Waals surface area contributed by atoms with Crippen molar-refractivity contribution in [2.75, 3.05) is 13.6 Å². The number of guanidine groups is 1. The van der Waals surface area contributed by atoms with Gasteiger partial charge in [0.1, 0.15) is 12.1 Å². The van der Waals surface area contributed by atoms with Gasteiger partial charge in [0.05, 0.1) is 0 Å². The van der Waals surface area contributed by atoms with E-state index in [1.54, 1.807) is 7.05 Å². The van der Waals surface area contributed by atoms with Crippen LogP contribution >= 0.6 is 24.0 Å². The molecular weight excluding hydrogens is 333 g/mol. The lowest BCUT2D eigenvalue weighted by Gasteiger charge is -2.20. The molecule has 0 bridgehead atoms. The number of aliphatic imine (C=N–C) groups is 1. The quantitative estimate of drug-likeness (QED) is 0.347. The number of rotatable bonds is 3. The van der Waals surface area contributed by atoms with Gasteiger partial charge < -0.3 is 15.4 Å². The van der Waals surface area contributed by atoms with Crippen molar-refractivity contribution in [3.63, 3.8) is 0 Å². The Morgan fingerprint density at radius 2 is 2.00 bits per heavy atom. The van der Waals surface area contributed by atoms with Crippen LogP contribution in [0.3, 0.4) is 0 Å². The minimum absolute atomic E-state index is 0. The number of carbonyl (C=O) groups is 1. The number of esters is 1. The van der Waals surface area contributed by atoms with Crippen LogP contribution in [0.4, 0.5) is 0 Å². The molecule has 0 aromatic rings. The summed E-state index contributed by atoms with van der Waals surface area (Å²) >= 11 is 0. The number of nitrogens with zero attached hydrogens (tertiary/aromatic N) is 1. The fraction of sp³-hybridized carbons (Fsp3) is 0.818. The van der Waals surface area contributed by atoms with E-state index in [0.29, 0.717) is 12.0 Å². The van der Waals surface area contributed by atoms with E-state index in [0.717, 1.165) is 0 Å². The first-order valence-electron chi connectivity index (χ1n) is 5.60. The maximum atomic E-state index is 11.4. The Bertz CT molecular complexity index is 283. The molecule has 0 aromatic heterocycles. The van der Waals surface area contributed by atoms with E-state index in [1.165, 1.54) is 12.8 Å². The molecule has 0 unspecified atom stereocenters. The number of hydrogen-bond acceptors (Lipinski definition) is 3. The van der Waals surface area contributed by atoms with E-state index in [2.05, 4.69) is 15.6 Å². The van der Waals surface area contributed by atoms with Crippen molar-refractivity contribution in [3.8, 4) is 0 Å². The van der Waals surface area contributed by atoms with Crippen LogP contribution in [0.15, 0.2) is 4.99 Å². The molecule has 17 heavy (non-hydrogen) atoms. The normalized spacial score (nSPS) is 15.9. The Labute approximate surface area is 120 Å². The maximum Gasteiger partial charge on any atom is 0.325 e. The van der Waals surface area contributed by atoms with E-state index < -0.39 is 5.60 Å². The first-order valence-corrected chi connectivity index (χ1v) is 5.60. The van der Waals surface area contributed by atoms with E-state index in [9.17, 15) is 4.79 Å². The summed E-state index contributed by atoms with van der Waals surface area (Å²) in [6.45, 7) is 5.69. The van der Waals surface area contributed by atoms with E-state index >= 15 is 0 Å². The zero-order chi connectivity index (χ0) is 12.2. The topological polar surface area (TPSA) is 62.7 Å². The van der Waals surface area contributed by atoms with Gasteiger partial charge >= 0.3 is 5.97 Å². The molecule has 6 heteroatoms. The second-order valence-corrected chi connectivity index (χ2v) is 4.93. The molecule has 0 radical (unpaired) electrons. The summed E-state index contributed by atoms with van der Waals surface area (Å²) in [7, 11) is 1.69. The highest BCUT2D eigenvalue weighted by molar-refractivity contribution is 14.0. The van der Waals surface area contributed by atoms with Crippen molar-refractivity contribution in [2.24, 2.45) is 4.99 Å². The van der Waals surface area contributed by atoms with Crippen molar-refractivity contribution < 1.29 is 9.53 Å². The molecular formula is C11H22IN3O2. The Balaban J connectivity index is 0.00000256. The van der Waals surface area contributed by atoms with Crippen LogP contribution in [0.1, 0.15) is 33.6 Å². The highest BCUT2D eigenvalue weighted by Crippen LogP contribution is 2.18. The van der Waals surface area contributed by atoms with Crippen LogP contribution in [0.5, 0.6) is 0 Å². The van der Waals surface area contributed by atoms with Crippen LogP contribution in [-0.2, 0) is 9.53 Å². The summed E-state index contributed by atoms with van der Waals surface area (Å²) in [4.78, 5) is 15.4. The largest absolute Gasteiger partial charge is 0.459 e. The van der Waals surface area contributed by atoms with Gasteiger partial charge in [0.2, 0.25) is 0 Å². The van der Waals surface area contributed by atoms with Crippen LogP contribution in [0.2, 0.25) is 0 Å². The third kappa shape index (κ3) is 8.23. The first kappa shape index (κ1) is 16.5. The molecule has 0 heterocycles. The van der Waals surface area contributed by atoms with Gasteiger partial charge in [-0.3, -0.25) is 9.79 Å². The minimum atomic E-state index is -0.438. The summed E-state index contributed by atoms with van der Waals surface area (Å²) in [6.07, 6.45) is 2.35. The number of nitrogens with one attached hydrogen (secondary N) is 2. The lowest BCUT2D eigenvalue weighted by Crippen LogP contribution is -2.42. The maximum absolute atomic E-state index is 11.4. The van der Waals surface area contributed by atoms with Gasteiger partial charge in [0, 0.05) is 13.1 Å². The van der Waals surface area contributed by atoms with Gasteiger partial charge in [0.15, 0.2) is 5.96 Å². The number of hydrogen-bond donors (Lipinski definition) is 2. The molecule has 5 nitrogen and oxygen atoms in total. The van der Waals surface area contributed by atoms with Gasteiger partial charge in [-0.05, 0) is 33.6 Å². The summed E-state index contributed by atoms with van der Waals surface area (Å²) in [6, 6.07) is 0.518. The van der Waals surface area contributed by atoms with Gasteiger partial charge in [-0.15, -0.1) is 24.0 Å². The highest BCUT2D eigenvalue weighted by Gasteiger charge is 2.22. The molecule has 1 saturated carbocycles. The lowest BCUT2D eigenvalue weighted by atomic mass is 10.2. The van der Waals surface area contributed by atoms with Crippen molar-refractivity contribution in [1.29, 1.82) is 0 Å². The molecule has 0 atom stereocenters. The molecule has 1 aliphatic carbocycles. The number of ether oxygens (including phenoxy) is 1. The van der Waals surface area contributed by atoms with Crippen molar-refractivity contribution in [2.45, 2.75) is 45.3 Å². The molecule has 0 aromatic carbocycles. The molecule has 2 N–H and O–H groups in total. The van der Waals surface area contributed by atoms with Crippen LogP contribution in [0, 0.1) is 0 Å². The Morgan fingerprint density at radius 1 is 1.41 bits per heavy atom. The molecule has 1 aliphatic rings. The third-order valence-electron chi connectivity index (χ3n) is 1.96. The standard InChI is InChI=1S/C11H21N3O2.HI/c1-11(2,3)16-9(15)7-13-10(12-4)14-8-5-6-8;/h8H,5-7H2,1-4H3,(H2,12,13,14);1H. The molecule has 0 spiro atoms. The molecule has 0 saturated heterocycles. The Hall–Kier alpha value is -0.530. The van der Waals surface area contributed by atoms with E-state index in [4.69, 9.17) is 4.74 Å². The summed E-state index contributed by atoms with van der Waals surface area (Å²) < 4.78 is 5.17. The van der Waals surface area contributed by atoms with Crippen molar-refractivity contribution in [1.82, 2.24) is 10.6 Å². The zero-order valence-corrected chi connectivity index (χ0v) is 13.2. The van der Waals surface area contributed by atoms with Crippen LogP contribution < -0.4 is 10.6 Å². The average Bonchev–Trinajstić information content (AvgIpc) is 2.92. The third-order valence-corrected chi connectivity index (χ3v) is 1.96. The summed E-state index contributed by atoms with van der Waals surface area (Å²) in [5.74, 6) is 0.389. The predicted molar refractivity (Wildman–Crippen MR) is 78.8 cm³/mol. The fourth-order valence-electron chi connectivity index (χ4n) is 1.15. The average molecular weight is 355 g/mol. The zero-order valence-electron chi connectivity index (χ0n) is 10.9. The monoisotopic (exact) mass is 355 g/mol. The van der Waals surface area contributed by atoms with Gasteiger partial charge in [-0.2, -0.15) is 0 Å². The Morgan fingerprint density at radius 3 is 2.41 bits per heavy atom. The molecule has 1 fully saturated rings. The Kier molecular flexibility index (Phi) is 6.81. The SMILES string of the molecule is CN=C(NCC(=O)OC(C)(C)C)NC1CC1.I. The predicted octanol–water partition coefficient (Wildman–Crippen LogP) is 1.27. The highest BCUT2D eigenvalue weighted by atomic mass is 127. The number of halogens is 1. The lowest BCUT2D eigenvalue weighted by molar-refractivity contribution is -0.153. The molecule has 1 rings (SSSR count). The first-order chi connectivity index (χ1) is 7.40. The summed E-state index contributed by atoms with van der Waals surface area (Å²) in [5, 5.41) is 6.12. The van der Waals surface area contributed by atoms with Gasteiger partial charge in [0.25, 0.3) is 0 Å². The second-order valence-electron chi connectivity index (χ2n) is 4.93. The van der Waals surface area contributed by atoms with Crippen molar-refractivity contribution >= 4 is 35.9 Å².